The third kappa shape index (κ3) is 4.63. The molecule has 37 heavy (non-hydrogen) atoms. The summed E-state index contributed by atoms with van der Waals surface area (Å²) in [5, 5.41) is 15.8. The molecule has 0 bridgehead atoms. The second-order valence-electron chi connectivity index (χ2n) is 9.18. The Morgan fingerprint density at radius 3 is 2.43 bits per heavy atom. The topological polar surface area (TPSA) is 102 Å². The van der Waals surface area contributed by atoms with E-state index >= 15 is 0 Å². The number of aromatic nitrogens is 1. The van der Waals surface area contributed by atoms with Crippen LogP contribution in [0.4, 0.5) is 4.39 Å². The number of carboxylic acids is 1. The average molecular weight is 501 g/mol. The van der Waals surface area contributed by atoms with Crippen LogP contribution in [-0.4, -0.2) is 34.8 Å². The van der Waals surface area contributed by atoms with E-state index < -0.39 is 23.2 Å². The first kappa shape index (κ1) is 24.4. The van der Waals surface area contributed by atoms with Gasteiger partial charge in [-0.05, 0) is 54.2 Å². The van der Waals surface area contributed by atoms with Crippen molar-refractivity contribution in [1.29, 1.82) is 0 Å². The van der Waals surface area contributed by atoms with Gasteiger partial charge >= 0.3 is 5.97 Å². The summed E-state index contributed by atoms with van der Waals surface area (Å²) in [6.07, 6.45) is 0.651. The molecule has 2 N–H and O–H groups in total. The summed E-state index contributed by atoms with van der Waals surface area (Å²) in [4.78, 5) is 23.8. The Hall–Kier alpha value is -4.30. The van der Waals surface area contributed by atoms with Crippen molar-refractivity contribution in [3.05, 3.63) is 89.2 Å². The van der Waals surface area contributed by atoms with E-state index in [4.69, 9.17) is 9.26 Å². The Labute approximate surface area is 212 Å². The van der Waals surface area contributed by atoms with Gasteiger partial charge < -0.3 is 19.7 Å². The van der Waals surface area contributed by atoms with Gasteiger partial charge in [-0.15, -0.1) is 0 Å². The minimum Gasteiger partial charge on any atom is -0.480 e. The largest absolute Gasteiger partial charge is 0.480 e. The van der Waals surface area contributed by atoms with Gasteiger partial charge in [-0.2, -0.15) is 0 Å². The summed E-state index contributed by atoms with van der Waals surface area (Å²) < 4.78 is 26.0. The smallest absolute Gasteiger partial charge is 0.329 e. The Morgan fingerprint density at radius 1 is 1.05 bits per heavy atom. The highest BCUT2D eigenvalue weighted by atomic mass is 19.1. The number of ether oxygens (including phenoxy) is 1. The maximum atomic E-state index is 14.9. The lowest BCUT2D eigenvalue weighted by molar-refractivity contribution is -0.140. The van der Waals surface area contributed by atoms with Crippen LogP contribution in [0.3, 0.4) is 0 Å². The Morgan fingerprint density at radius 2 is 1.78 bits per heavy atom. The Balaban J connectivity index is 1.43. The molecule has 0 unspecified atom stereocenters. The van der Waals surface area contributed by atoms with Crippen LogP contribution < -0.4 is 5.32 Å². The molecule has 1 amide bonds. The second kappa shape index (κ2) is 9.63. The molecule has 188 valence electrons. The standard InChI is InChI=1S/C29H25FN2O5/c1-17-20(18-6-4-3-5-7-18)10-11-21(23(17)16-36-2)26-15-25(32-37-26)19-8-9-22(24(30)14-19)27(33)31-29(12-13-29)28(34)35/h3-11,14-15H,12-13,16H2,1-2H3,(H,31,33)(H,34,35). The number of carboxylic acid groups (broad SMARTS) is 1. The van der Waals surface area contributed by atoms with Crippen molar-refractivity contribution in [2.24, 2.45) is 0 Å². The molecule has 7 nitrogen and oxygen atoms in total. The van der Waals surface area contributed by atoms with Gasteiger partial charge in [0, 0.05) is 24.3 Å². The fourth-order valence-electron chi connectivity index (χ4n) is 4.45. The quantitative estimate of drug-likeness (QED) is 0.326. The minimum absolute atomic E-state index is 0.227. The van der Waals surface area contributed by atoms with Crippen LogP contribution in [0.2, 0.25) is 0 Å². The molecule has 0 saturated heterocycles. The van der Waals surface area contributed by atoms with Crippen LogP contribution in [0.5, 0.6) is 0 Å². The number of hydrogen-bond acceptors (Lipinski definition) is 5. The van der Waals surface area contributed by atoms with Crippen molar-refractivity contribution in [3.8, 4) is 33.7 Å². The van der Waals surface area contributed by atoms with Crippen molar-refractivity contribution in [3.63, 3.8) is 0 Å². The molecule has 0 spiro atoms. The highest BCUT2D eigenvalue weighted by molar-refractivity contribution is 5.99. The van der Waals surface area contributed by atoms with Gasteiger partial charge in [0.15, 0.2) is 5.76 Å². The highest BCUT2D eigenvalue weighted by Gasteiger charge is 2.51. The summed E-state index contributed by atoms with van der Waals surface area (Å²) in [7, 11) is 1.63. The zero-order valence-corrected chi connectivity index (χ0v) is 20.4. The van der Waals surface area contributed by atoms with E-state index in [1.54, 1.807) is 19.2 Å². The van der Waals surface area contributed by atoms with Gasteiger partial charge in [-0.3, -0.25) is 4.79 Å². The zero-order chi connectivity index (χ0) is 26.2. The summed E-state index contributed by atoms with van der Waals surface area (Å²) >= 11 is 0. The summed E-state index contributed by atoms with van der Waals surface area (Å²) in [5.74, 6) is -2.15. The predicted octanol–water partition coefficient (Wildman–Crippen LogP) is 5.62. The van der Waals surface area contributed by atoms with E-state index in [0.717, 1.165) is 27.8 Å². The predicted molar refractivity (Wildman–Crippen MR) is 135 cm³/mol. The van der Waals surface area contributed by atoms with Crippen molar-refractivity contribution in [2.45, 2.75) is 31.9 Å². The molecule has 1 aliphatic rings. The van der Waals surface area contributed by atoms with Crippen LogP contribution in [0.15, 0.2) is 71.3 Å². The molecule has 4 aromatic rings. The lowest BCUT2D eigenvalue weighted by atomic mass is 9.92. The van der Waals surface area contributed by atoms with E-state index in [1.165, 1.54) is 12.1 Å². The number of carbonyl (C=O) groups is 2. The van der Waals surface area contributed by atoms with E-state index in [9.17, 15) is 19.1 Å². The number of halogens is 1. The normalized spacial score (nSPS) is 13.8. The molecule has 1 aliphatic carbocycles. The van der Waals surface area contributed by atoms with Gasteiger partial charge in [0.2, 0.25) is 0 Å². The van der Waals surface area contributed by atoms with Crippen molar-refractivity contribution in [1.82, 2.24) is 10.5 Å². The molecule has 0 radical (unpaired) electrons. The van der Waals surface area contributed by atoms with Gasteiger partial charge in [-0.1, -0.05) is 53.7 Å². The molecule has 1 saturated carbocycles. The van der Waals surface area contributed by atoms with E-state index in [1.807, 2.05) is 37.3 Å². The first-order valence-electron chi connectivity index (χ1n) is 11.8. The van der Waals surface area contributed by atoms with Crippen molar-refractivity contribution < 1.29 is 28.3 Å². The number of nitrogens with one attached hydrogen (secondary N) is 1. The first-order valence-corrected chi connectivity index (χ1v) is 11.8. The highest BCUT2D eigenvalue weighted by Crippen LogP contribution is 2.37. The van der Waals surface area contributed by atoms with E-state index in [-0.39, 0.29) is 5.56 Å². The van der Waals surface area contributed by atoms with Gasteiger partial charge in [-0.25, -0.2) is 9.18 Å². The molecule has 3 aromatic carbocycles. The Bertz CT molecular complexity index is 1490. The monoisotopic (exact) mass is 500 g/mol. The average Bonchev–Trinajstić information content (AvgIpc) is 3.51. The second-order valence-corrected chi connectivity index (χ2v) is 9.18. The van der Waals surface area contributed by atoms with Crippen LogP contribution >= 0.6 is 0 Å². The van der Waals surface area contributed by atoms with Crippen molar-refractivity contribution in [2.75, 3.05) is 7.11 Å². The van der Waals surface area contributed by atoms with Crippen molar-refractivity contribution >= 4 is 11.9 Å². The molecule has 1 fully saturated rings. The molecule has 0 aliphatic heterocycles. The number of methoxy groups -OCH3 is 1. The lowest BCUT2D eigenvalue weighted by Gasteiger charge is -2.15. The van der Waals surface area contributed by atoms with Crippen LogP contribution in [0.25, 0.3) is 33.7 Å². The number of amides is 1. The maximum absolute atomic E-state index is 14.9. The summed E-state index contributed by atoms with van der Waals surface area (Å²) in [5.41, 5.74) is 4.31. The molecule has 8 heteroatoms. The molecule has 0 atom stereocenters. The van der Waals surface area contributed by atoms with E-state index in [2.05, 4.69) is 22.6 Å². The van der Waals surface area contributed by atoms with Crippen LogP contribution in [0, 0.1) is 12.7 Å². The number of rotatable bonds is 8. The van der Waals surface area contributed by atoms with Crippen LogP contribution in [0.1, 0.15) is 34.3 Å². The van der Waals surface area contributed by atoms with Crippen LogP contribution in [-0.2, 0) is 16.1 Å². The summed E-state index contributed by atoms with van der Waals surface area (Å²) in [6, 6.07) is 19.8. The number of hydrogen-bond donors (Lipinski definition) is 2. The third-order valence-corrected chi connectivity index (χ3v) is 6.77. The first-order chi connectivity index (χ1) is 17.8. The Kier molecular flexibility index (Phi) is 6.35. The molecule has 1 heterocycles. The molecule has 5 rings (SSSR count). The molecule has 1 aromatic heterocycles. The molecular formula is C29H25FN2O5. The summed E-state index contributed by atoms with van der Waals surface area (Å²) in [6.45, 7) is 2.40. The molecular weight excluding hydrogens is 475 g/mol. The maximum Gasteiger partial charge on any atom is 0.329 e. The number of benzene rings is 3. The number of nitrogens with zero attached hydrogens (tertiary/aromatic N) is 1. The fraction of sp³-hybridized carbons (Fsp3) is 0.207. The number of aliphatic carboxylic acids is 1. The van der Waals surface area contributed by atoms with Gasteiger partial charge in [0.25, 0.3) is 5.91 Å². The fourth-order valence-corrected chi connectivity index (χ4v) is 4.45. The SMILES string of the molecule is COCc1c(-c2cc(-c3ccc(C(=O)NC4(C(=O)O)CC4)c(F)c3)no2)ccc(-c2ccccc2)c1C. The van der Waals surface area contributed by atoms with Gasteiger partial charge in [0.1, 0.15) is 17.1 Å². The third-order valence-electron chi connectivity index (χ3n) is 6.77. The van der Waals surface area contributed by atoms with E-state index in [0.29, 0.717) is 36.5 Å². The zero-order valence-electron chi connectivity index (χ0n) is 20.4. The minimum atomic E-state index is -1.29. The van der Waals surface area contributed by atoms with Gasteiger partial charge in [0.05, 0.1) is 12.2 Å². The lowest BCUT2D eigenvalue weighted by Crippen LogP contribution is -2.43. The number of carbonyl (C=O) groups excluding carboxylic acids is 1.